The van der Waals surface area contributed by atoms with Gasteiger partial charge in [-0.1, -0.05) is 48.5 Å². The summed E-state index contributed by atoms with van der Waals surface area (Å²) in [5.74, 6) is -0.0495. The third kappa shape index (κ3) is 3.67. The molecule has 2 saturated heterocycles. The van der Waals surface area contributed by atoms with Crippen LogP contribution in [0.5, 0.6) is 0 Å². The zero-order chi connectivity index (χ0) is 19.5. The largest absolute Gasteiger partial charge is 0.378 e. The van der Waals surface area contributed by atoms with Crippen LogP contribution in [0.25, 0.3) is 0 Å². The van der Waals surface area contributed by atoms with Crippen LogP contribution in [-0.2, 0) is 9.53 Å². The van der Waals surface area contributed by atoms with Crippen LogP contribution in [0.15, 0.2) is 54.6 Å². The molecule has 2 aliphatic rings. The normalized spacial score (nSPS) is 22.3. The van der Waals surface area contributed by atoms with Crippen LogP contribution in [0.2, 0.25) is 0 Å². The summed E-state index contributed by atoms with van der Waals surface area (Å²) < 4.78 is 5.40. The second-order valence-electron chi connectivity index (χ2n) is 7.59. The lowest BCUT2D eigenvalue weighted by molar-refractivity contribution is -0.139. The molecule has 2 atom stereocenters. The standard InChI is InChI=1S/C23H26N2O3/c1-17-7-5-6-10-19(17)22(26)25-15-20(18-8-3-2-4-9-18)21(16-25)23(27)24-11-13-28-14-12-24/h2-10,20-21H,11-16H2,1H3/t20-,21-/m0/s1. The first-order chi connectivity index (χ1) is 13.6. The minimum Gasteiger partial charge on any atom is -0.378 e. The second-order valence-corrected chi connectivity index (χ2v) is 7.59. The van der Waals surface area contributed by atoms with Crippen molar-refractivity contribution in [2.45, 2.75) is 12.8 Å². The lowest BCUT2D eigenvalue weighted by atomic mass is 9.88. The summed E-state index contributed by atoms with van der Waals surface area (Å²) in [4.78, 5) is 30.2. The highest BCUT2D eigenvalue weighted by Gasteiger charge is 2.42. The number of carbonyl (C=O) groups excluding carboxylic acids is 2. The van der Waals surface area contributed by atoms with Crippen molar-refractivity contribution in [2.24, 2.45) is 5.92 Å². The molecule has 28 heavy (non-hydrogen) atoms. The highest BCUT2D eigenvalue weighted by atomic mass is 16.5. The average molecular weight is 378 g/mol. The van der Waals surface area contributed by atoms with E-state index in [9.17, 15) is 9.59 Å². The van der Waals surface area contributed by atoms with Crippen molar-refractivity contribution < 1.29 is 14.3 Å². The summed E-state index contributed by atoms with van der Waals surface area (Å²) in [5, 5.41) is 0. The van der Waals surface area contributed by atoms with Gasteiger partial charge in [-0.2, -0.15) is 0 Å². The SMILES string of the molecule is Cc1ccccc1C(=O)N1C[C@H](C(=O)N2CCOCC2)[C@H](c2ccccc2)C1. The van der Waals surface area contributed by atoms with Crippen LogP contribution in [0.3, 0.4) is 0 Å². The van der Waals surface area contributed by atoms with Crippen molar-refractivity contribution in [3.05, 3.63) is 71.3 Å². The molecule has 0 bridgehead atoms. The van der Waals surface area contributed by atoms with Gasteiger partial charge in [0.25, 0.3) is 5.91 Å². The van der Waals surface area contributed by atoms with E-state index in [0.717, 1.165) is 11.1 Å². The van der Waals surface area contributed by atoms with Crippen LogP contribution in [0, 0.1) is 12.8 Å². The van der Waals surface area contributed by atoms with Gasteiger partial charge >= 0.3 is 0 Å². The van der Waals surface area contributed by atoms with Crippen molar-refractivity contribution in [1.82, 2.24) is 9.80 Å². The summed E-state index contributed by atoms with van der Waals surface area (Å²) in [6, 6.07) is 17.7. The van der Waals surface area contributed by atoms with Crippen LogP contribution in [0.4, 0.5) is 0 Å². The second kappa shape index (κ2) is 8.15. The number of ether oxygens (including phenoxy) is 1. The molecule has 0 spiro atoms. The first-order valence-corrected chi connectivity index (χ1v) is 9.91. The van der Waals surface area contributed by atoms with Gasteiger partial charge in [-0.3, -0.25) is 9.59 Å². The number of amides is 2. The van der Waals surface area contributed by atoms with Crippen LogP contribution < -0.4 is 0 Å². The third-order valence-electron chi connectivity index (χ3n) is 5.85. The molecule has 0 saturated carbocycles. The number of morpholine rings is 1. The first kappa shape index (κ1) is 18.7. The Labute approximate surface area is 165 Å². The Kier molecular flexibility index (Phi) is 5.44. The molecular formula is C23H26N2O3. The fourth-order valence-electron chi connectivity index (χ4n) is 4.26. The van der Waals surface area contributed by atoms with Gasteiger partial charge < -0.3 is 14.5 Å². The number of rotatable bonds is 3. The van der Waals surface area contributed by atoms with Crippen LogP contribution >= 0.6 is 0 Å². The van der Waals surface area contributed by atoms with E-state index in [0.29, 0.717) is 45.0 Å². The molecule has 0 unspecified atom stereocenters. The monoisotopic (exact) mass is 378 g/mol. The summed E-state index contributed by atoms with van der Waals surface area (Å²) in [6.07, 6.45) is 0. The van der Waals surface area contributed by atoms with E-state index in [1.807, 2.05) is 59.2 Å². The number of benzene rings is 2. The molecular weight excluding hydrogens is 352 g/mol. The van der Waals surface area contributed by atoms with Gasteiger partial charge in [0.1, 0.15) is 0 Å². The topological polar surface area (TPSA) is 49.9 Å². The molecule has 2 aliphatic heterocycles. The summed E-state index contributed by atoms with van der Waals surface area (Å²) in [6.45, 7) is 5.40. The molecule has 0 aromatic heterocycles. The molecule has 5 heteroatoms. The van der Waals surface area contributed by atoms with E-state index in [1.54, 1.807) is 0 Å². The smallest absolute Gasteiger partial charge is 0.254 e. The predicted molar refractivity (Wildman–Crippen MR) is 107 cm³/mol. The lowest BCUT2D eigenvalue weighted by Gasteiger charge is -2.30. The zero-order valence-electron chi connectivity index (χ0n) is 16.2. The average Bonchev–Trinajstić information content (AvgIpc) is 3.20. The minimum atomic E-state index is -0.214. The number of nitrogens with zero attached hydrogens (tertiary/aromatic N) is 2. The van der Waals surface area contributed by atoms with E-state index < -0.39 is 0 Å². The van der Waals surface area contributed by atoms with Gasteiger partial charge in [-0.15, -0.1) is 0 Å². The van der Waals surface area contributed by atoms with E-state index in [4.69, 9.17) is 4.74 Å². The molecule has 2 amide bonds. The van der Waals surface area contributed by atoms with Crippen molar-refractivity contribution in [2.75, 3.05) is 39.4 Å². The van der Waals surface area contributed by atoms with Gasteiger partial charge in [-0.05, 0) is 24.1 Å². The van der Waals surface area contributed by atoms with Gasteiger partial charge in [0.2, 0.25) is 5.91 Å². The van der Waals surface area contributed by atoms with Gasteiger partial charge in [-0.25, -0.2) is 0 Å². The number of hydrogen-bond donors (Lipinski definition) is 0. The zero-order valence-corrected chi connectivity index (χ0v) is 16.2. The first-order valence-electron chi connectivity index (χ1n) is 9.91. The molecule has 5 nitrogen and oxygen atoms in total. The van der Waals surface area contributed by atoms with Gasteiger partial charge in [0.05, 0.1) is 19.1 Å². The molecule has 2 aromatic carbocycles. The number of carbonyl (C=O) groups is 2. The Morgan fingerprint density at radius 1 is 0.893 bits per heavy atom. The van der Waals surface area contributed by atoms with Gasteiger partial charge in [0.15, 0.2) is 0 Å². The molecule has 4 rings (SSSR count). The van der Waals surface area contributed by atoms with Crippen LogP contribution in [0.1, 0.15) is 27.4 Å². The molecule has 146 valence electrons. The van der Waals surface area contributed by atoms with Crippen LogP contribution in [-0.4, -0.2) is 61.0 Å². The molecule has 0 N–H and O–H groups in total. The maximum Gasteiger partial charge on any atom is 0.254 e. The lowest BCUT2D eigenvalue weighted by Crippen LogP contribution is -2.45. The highest BCUT2D eigenvalue weighted by Crippen LogP contribution is 2.35. The maximum atomic E-state index is 13.3. The predicted octanol–water partition coefficient (Wildman–Crippen LogP) is 2.71. The van der Waals surface area contributed by atoms with E-state index in [-0.39, 0.29) is 23.7 Å². The summed E-state index contributed by atoms with van der Waals surface area (Å²) in [5.41, 5.74) is 2.80. The Morgan fingerprint density at radius 3 is 2.29 bits per heavy atom. The number of likely N-dealkylation sites (tertiary alicyclic amines) is 1. The van der Waals surface area contributed by atoms with Crippen molar-refractivity contribution in [1.29, 1.82) is 0 Å². The molecule has 2 fully saturated rings. The highest BCUT2D eigenvalue weighted by molar-refractivity contribution is 5.96. The molecule has 0 aliphatic carbocycles. The Balaban J connectivity index is 1.60. The molecule has 2 aromatic rings. The summed E-state index contributed by atoms with van der Waals surface area (Å²) >= 11 is 0. The molecule has 0 radical (unpaired) electrons. The Bertz CT molecular complexity index is 846. The third-order valence-corrected chi connectivity index (χ3v) is 5.85. The number of aryl methyl sites for hydroxylation is 1. The van der Waals surface area contributed by atoms with E-state index >= 15 is 0 Å². The van der Waals surface area contributed by atoms with Crippen molar-refractivity contribution in [3.8, 4) is 0 Å². The fourth-order valence-corrected chi connectivity index (χ4v) is 4.26. The maximum absolute atomic E-state index is 13.3. The number of hydrogen-bond acceptors (Lipinski definition) is 3. The van der Waals surface area contributed by atoms with E-state index in [2.05, 4.69) is 12.1 Å². The van der Waals surface area contributed by atoms with Crippen molar-refractivity contribution in [3.63, 3.8) is 0 Å². The molecule has 2 heterocycles. The Hall–Kier alpha value is -2.66. The minimum absolute atomic E-state index is 0.0105. The van der Waals surface area contributed by atoms with Crippen molar-refractivity contribution >= 4 is 11.8 Å². The Morgan fingerprint density at radius 2 is 1.57 bits per heavy atom. The quantitative estimate of drug-likeness (QED) is 0.825. The van der Waals surface area contributed by atoms with E-state index in [1.165, 1.54) is 0 Å². The fraction of sp³-hybridized carbons (Fsp3) is 0.391. The summed E-state index contributed by atoms with van der Waals surface area (Å²) in [7, 11) is 0. The van der Waals surface area contributed by atoms with Gasteiger partial charge in [0, 0.05) is 37.7 Å².